The number of nitrogens with two attached hydrogens (primary N) is 1. The van der Waals surface area contributed by atoms with Crippen molar-refractivity contribution < 1.29 is 27.2 Å². The molecule has 2 aliphatic heterocycles. The Morgan fingerprint density at radius 3 is 2.50 bits per heavy atom. The molecule has 0 bridgehead atoms. The third-order valence-corrected chi connectivity index (χ3v) is 10.7. The Kier molecular flexibility index (Phi) is 8.60. The zero-order chi connectivity index (χ0) is 32.1. The Hall–Kier alpha value is -3.78. The predicted octanol–water partition coefficient (Wildman–Crippen LogP) is 1.72. The number of anilines is 1. The van der Waals surface area contributed by atoms with Crippen LogP contribution in [-0.2, 0) is 27.7 Å². The van der Waals surface area contributed by atoms with Gasteiger partial charge in [0.15, 0.2) is 0 Å². The Bertz CT molecular complexity index is 1820. The van der Waals surface area contributed by atoms with E-state index in [2.05, 4.69) is 22.9 Å². The van der Waals surface area contributed by atoms with E-state index in [1.807, 2.05) is 13.8 Å². The lowest BCUT2D eigenvalue weighted by atomic mass is 9.92. The maximum Gasteiger partial charge on any atom is 0.341 e. The van der Waals surface area contributed by atoms with Crippen LogP contribution in [0.25, 0.3) is 11.0 Å². The van der Waals surface area contributed by atoms with Gasteiger partial charge in [-0.05, 0) is 62.7 Å². The highest BCUT2D eigenvalue weighted by atomic mass is 32.2. The van der Waals surface area contributed by atoms with Crippen LogP contribution in [0.2, 0.25) is 0 Å². The van der Waals surface area contributed by atoms with Gasteiger partial charge in [-0.15, -0.1) is 0 Å². The average molecular weight is 626 g/mol. The van der Waals surface area contributed by atoms with Crippen LogP contribution in [-0.4, -0.2) is 101 Å². The van der Waals surface area contributed by atoms with Crippen molar-refractivity contribution in [3.63, 3.8) is 0 Å². The molecule has 0 spiro atoms. The number of benzene rings is 2. The number of fused-ring (bicyclic) bond motifs is 3. The molecule has 3 heterocycles. The van der Waals surface area contributed by atoms with Gasteiger partial charge in [-0.2, -0.15) is 0 Å². The van der Waals surface area contributed by atoms with E-state index in [4.69, 9.17) is 14.9 Å². The van der Waals surface area contributed by atoms with Crippen molar-refractivity contribution in [2.45, 2.75) is 37.8 Å². The summed E-state index contributed by atoms with van der Waals surface area (Å²) in [7, 11) is 2.40. The average Bonchev–Trinajstić information content (AvgIpc) is 2.99. The smallest absolute Gasteiger partial charge is 0.341 e. The SMILES string of the molecule is COCC1CN(c2cc(C)c3c4c(c(=O)oc3c2C)CN(C(=O)c2ccc(C(N)=O)c(S(=O)(=O)N(C)C)c2)CC4)CCN1C. The Morgan fingerprint density at radius 1 is 1.11 bits per heavy atom. The summed E-state index contributed by atoms with van der Waals surface area (Å²) >= 11 is 0. The number of sulfonamides is 1. The maximum absolute atomic E-state index is 13.6. The van der Waals surface area contributed by atoms with Gasteiger partial charge in [0.05, 0.1) is 35.2 Å². The van der Waals surface area contributed by atoms with E-state index < -0.39 is 27.5 Å². The van der Waals surface area contributed by atoms with Crippen LogP contribution >= 0.6 is 0 Å². The molecule has 5 rings (SSSR count). The standard InChI is InChI=1S/C31H39N5O7S/c1-18-13-25(35-12-11-34(5)21(15-35)17-42-6)19(2)28-27(18)22-9-10-36(16-24(22)31(39)43-28)30(38)20-7-8-23(29(32)37)26(14-20)44(40,41)33(3)4/h7-8,13-14,21H,9-12,15-17H2,1-6H3,(H2,32,37). The molecule has 236 valence electrons. The van der Waals surface area contributed by atoms with Crippen LogP contribution in [0.15, 0.2) is 38.4 Å². The van der Waals surface area contributed by atoms with E-state index >= 15 is 0 Å². The normalized spacial score (nSPS) is 17.8. The molecule has 1 aromatic heterocycles. The number of nitrogens with zero attached hydrogens (tertiary/aromatic N) is 4. The fourth-order valence-corrected chi connectivity index (χ4v) is 7.36. The Morgan fingerprint density at radius 2 is 1.84 bits per heavy atom. The largest absolute Gasteiger partial charge is 0.422 e. The first kappa shape index (κ1) is 31.6. The molecule has 1 fully saturated rings. The second kappa shape index (κ2) is 12.0. The van der Waals surface area contributed by atoms with E-state index in [1.54, 1.807) is 7.11 Å². The third kappa shape index (κ3) is 5.49. The molecule has 2 amide bonds. The second-order valence-electron chi connectivity index (χ2n) is 11.8. The van der Waals surface area contributed by atoms with E-state index in [0.717, 1.165) is 51.7 Å². The lowest BCUT2D eigenvalue weighted by Crippen LogP contribution is -2.53. The van der Waals surface area contributed by atoms with Crippen LogP contribution in [0.1, 0.15) is 43.0 Å². The Balaban J connectivity index is 1.49. The van der Waals surface area contributed by atoms with E-state index in [0.29, 0.717) is 30.7 Å². The van der Waals surface area contributed by atoms with Crippen molar-refractivity contribution in [1.82, 2.24) is 14.1 Å². The minimum Gasteiger partial charge on any atom is -0.422 e. The van der Waals surface area contributed by atoms with Crippen molar-refractivity contribution in [1.29, 1.82) is 0 Å². The number of hydrogen-bond acceptors (Lipinski definition) is 9. The summed E-state index contributed by atoms with van der Waals surface area (Å²) in [6.45, 7) is 7.46. The van der Waals surface area contributed by atoms with Crippen molar-refractivity contribution in [3.8, 4) is 0 Å². The number of methoxy groups -OCH3 is 1. The zero-order valence-corrected chi connectivity index (χ0v) is 26.8. The summed E-state index contributed by atoms with van der Waals surface area (Å²) in [6, 6.07) is 6.18. The van der Waals surface area contributed by atoms with Gasteiger partial charge < -0.3 is 24.7 Å². The number of likely N-dealkylation sites (N-methyl/N-ethyl adjacent to an activating group) is 1. The molecule has 1 atom stereocenters. The molecule has 3 aromatic rings. The predicted molar refractivity (Wildman–Crippen MR) is 167 cm³/mol. The molecule has 2 N–H and O–H groups in total. The van der Waals surface area contributed by atoms with Crippen LogP contribution in [0, 0.1) is 13.8 Å². The van der Waals surface area contributed by atoms with Gasteiger partial charge in [-0.1, -0.05) is 0 Å². The zero-order valence-electron chi connectivity index (χ0n) is 26.0. The molecule has 0 radical (unpaired) electrons. The van der Waals surface area contributed by atoms with Crippen LogP contribution < -0.4 is 16.3 Å². The van der Waals surface area contributed by atoms with Gasteiger partial charge in [0.2, 0.25) is 15.9 Å². The number of carbonyl (C=O) groups is 2. The molecule has 0 aliphatic carbocycles. The molecule has 2 aromatic carbocycles. The van der Waals surface area contributed by atoms with Crippen molar-refractivity contribution in [2.24, 2.45) is 5.73 Å². The van der Waals surface area contributed by atoms with Crippen molar-refractivity contribution in [3.05, 3.63) is 68.1 Å². The maximum atomic E-state index is 13.6. The summed E-state index contributed by atoms with van der Waals surface area (Å²) in [5, 5.41) is 0.890. The molecular formula is C31H39N5O7S. The summed E-state index contributed by atoms with van der Waals surface area (Å²) in [6.07, 6.45) is 0.426. The van der Waals surface area contributed by atoms with Crippen molar-refractivity contribution in [2.75, 3.05) is 65.9 Å². The first-order valence-corrected chi connectivity index (χ1v) is 15.9. The van der Waals surface area contributed by atoms with Gasteiger partial charge in [-0.25, -0.2) is 17.5 Å². The van der Waals surface area contributed by atoms with Gasteiger partial charge >= 0.3 is 5.63 Å². The number of rotatable bonds is 7. The minimum atomic E-state index is -4.06. The molecule has 0 saturated carbocycles. The Labute approximate surface area is 257 Å². The molecule has 1 saturated heterocycles. The van der Waals surface area contributed by atoms with Crippen LogP contribution in [0.3, 0.4) is 0 Å². The van der Waals surface area contributed by atoms with Crippen LogP contribution in [0.5, 0.6) is 0 Å². The number of ether oxygens (including phenoxy) is 1. The number of piperazine rings is 1. The van der Waals surface area contributed by atoms with E-state index in [1.165, 1.54) is 37.2 Å². The first-order valence-electron chi connectivity index (χ1n) is 14.4. The number of aryl methyl sites for hydroxylation is 2. The molecule has 2 aliphatic rings. The first-order chi connectivity index (χ1) is 20.8. The summed E-state index contributed by atoms with van der Waals surface area (Å²) < 4.78 is 38.2. The topological polar surface area (TPSA) is 147 Å². The van der Waals surface area contributed by atoms with Gasteiger partial charge in [0, 0.05) is 69.6 Å². The van der Waals surface area contributed by atoms with Gasteiger partial charge in [-0.3, -0.25) is 14.5 Å². The lowest BCUT2D eigenvalue weighted by molar-refractivity contribution is 0.0732. The minimum absolute atomic E-state index is 0.0111. The van der Waals surface area contributed by atoms with E-state index in [9.17, 15) is 22.8 Å². The molecule has 12 nitrogen and oxygen atoms in total. The molecule has 1 unspecified atom stereocenters. The highest BCUT2D eigenvalue weighted by Gasteiger charge is 2.32. The summed E-state index contributed by atoms with van der Waals surface area (Å²) in [5.74, 6) is -1.39. The third-order valence-electron chi connectivity index (χ3n) is 8.80. The summed E-state index contributed by atoms with van der Waals surface area (Å²) in [4.78, 5) is 44.7. The quantitative estimate of drug-likeness (QED) is 0.388. The van der Waals surface area contributed by atoms with Gasteiger partial charge in [0.1, 0.15) is 5.58 Å². The number of primary amides is 1. The highest BCUT2D eigenvalue weighted by molar-refractivity contribution is 7.89. The molecular weight excluding hydrogens is 586 g/mol. The fraction of sp³-hybridized carbons (Fsp3) is 0.452. The van der Waals surface area contributed by atoms with Crippen molar-refractivity contribution >= 4 is 38.5 Å². The van der Waals surface area contributed by atoms with Gasteiger partial charge in [0.25, 0.3) is 5.91 Å². The number of carbonyl (C=O) groups excluding carboxylic acids is 2. The summed E-state index contributed by atoms with van der Waals surface area (Å²) in [5.41, 5.74) is 9.53. The highest BCUT2D eigenvalue weighted by Crippen LogP contribution is 2.36. The second-order valence-corrected chi connectivity index (χ2v) is 13.9. The monoisotopic (exact) mass is 625 g/mol. The molecule has 44 heavy (non-hydrogen) atoms. The number of amides is 2. The van der Waals surface area contributed by atoms with E-state index in [-0.39, 0.29) is 28.6 Å². The molecule has 13 heteroatoms. The van der Waals surface area contributed by atoms with Crippen LogP contribution in [0.4, 0.5) is 5.69 Å². The lowest BCUT2D eigenvalue weighted by Gasteiger charge is -2.41. The fourth-order valence-electron chi connectivity index (χ4n) is 6.24. The number of hydrogen-bond donors (Lipinski definition) is 1.